The molecule has 2 fully saturated rings. The number of hydrogen-bond donors (Lipinski definition) is 2. The zero-order valence-electron chi connectivity index (χ0n) is 8.21. The minimum absolute atomic E-state index is 0.178. The maximum absolute atomic E-state index is 11.6. The summed E-state index contributed by atoms with van der Waals surface area (Å²) in [5.74, 6) is -3.88. The van der Waals surface area contributed by atoms with Gasteiger partial charge < -0.3 is 10.8 Å². The summed E-state index contributed by atoms with van der Waals surface area (Å²) >= 11 is 0. The van der Waals surface area contributed by atoms with E-state index in [1.807, 2.05) is 0 Å². The summed E-state index contributed by atoms with van der Waals surface area (Å²) in [5, 5.41) is 8.72. The Morgan fingerprint density at radius 1 is 1.47 bits per heavy atom. The van der Waals surface area contributed by atoms with Crippen molar-refractivity contribution in [3.05, 3.63) is 0 Å². The van der Waals surface area contributed by atoms with Gasteiger partial charge in [-0.1, -0.05) is 0 Å². The second-order valence-electron chi connectivity index (χ2n) is 4.18. The number of imide groups is 1. The van der Waals surface area contributed by atoms with E-state index in [-0.39, 0.29) is 24.4 Å². The number of likely N-dealkylation sites (tertiary alicyclic amines) is 1. The summed E-state index contributed by atoms with van der Waals surface area (Å²) in [6.07, 6.45) is 0. The first-order chi connectivity index (χ1) is 6.95. The van der Waals surface area contributed by atoms with Crippen molar-refractivity contribution in [1.29, 1.82) is 0 Å². The molecule has 82 valence electrons. The monoisotopic (exact) mass is 212 g/mol. The van der Waals surface area contributed by atoms with E-state index in [4.69, 9.17) is 10.8 Å². The maximum atomic E-state index is 11.6. The lowest BCUT2D eigenvalue weighted by Crippen LogP contribution is -2.42. The van der Waals surface area contributed by atoms with E-state index in [9.17, 15) is 14.4 Å². The van der Waals surface area contributed by atoms with Crippen molar-refractivity contribution in [1.82, 2.24) is 4.90 Å². The van der Waals surface area contributed by atoms with Crippen LogP contribution < -0.4 is 5.73 Å². The fraction of sp³-hybridized carbons (Fsp3) is 0.667. The van der Waals surface area contributed by atoms with Gasteiger partial charge in [-0.15, -0.1) is 0 Å². The quantitative estimate of drug-likeness (QED) is 0.563. The molecule has 2 aliphatic rings. The van der Waals surface area contributed by atoms with E-state index in [0.29, 0.717) is 0 Å². The van der Waals surface area contributed by atoms with Crippen molar-refractivity contribution in [2.24, 2.45) is 23.5 Å². The van der Waals surface area contributed by atoms with Gasteiger partial charge in [0.05, 0.1) is 17.8 Å². The Bertz CT molecular complexity index is 330. The predicted molar refractivity (Wildman–Crippen MR) is 48.5 cm³/mol. The molecule has 3 atom stereocenters. The molecule has 0 aromatic carbocycles. The number of nitrogens with zero attached hydrogens (tertiary/aromatic N) is 1. The molecule has 0 spiro atoms. The number of rotatable bonds is 3. The van der Waals surface area contributed by atoms with Crippen LogP contribution in [-0.2, 0) is 14.4 Å². The SMILES string of the molecule is CC(N)CN1C(=O)C2C(C(=O)O)C2C1=O. The molecule has 3 unspecified atom stereocenters. The number of aliphatic carboxylic acids is 1. The highest BCUT2D eigenvalue weighted by atomic mass is 16.4. The van der Waals surface area contributed by atoms with Crippen LogP contribution in [-0.4, -0.2) is 40.4 Å². The van der Waals surface area contributed by atoms with Gasteiger partial charge in [-0.3, -0.25) is 19.3 Å². The van der Waals surface area contributed by atoms with Crippen molar-refractivity contribution in [3.8, 4) is 0 Å². The van der Waals surface area contributed by atoms with E-state index >= 15 is 0 Å². The minimum atomic E-state index is -1.06. The second kappa shape index (κ2) is 3.03. The molecule has 0 radical (unpaired) electrons. The maximum Gasteiger partial charge on any atom is 0.308 e. The molecule has 0 aromatic rings. The lowest BCUT2D eigenvalue weighted by molar-refractivity contribution is -0.148. The van der Waals surface area contributed by atoms with Crippen molar-refractivity contribution >= 4 is 17.8 Å². The zero-order chi connectivity index (χ0) is 11.3. The molecule has 2 rings (SSSR count). The van der Waals surface area contributed by atoms with Crippen molar-refractivity contribution in [2.45, 2.75) is 13.0 Å². The second-order valence-corrected chi connectivity index (χ2v) is 4.18. The highest BCUT2D eigenvalue weighted by Crippen LogP contribution is 2.53. The number of nitrogens with two attached hydrogens (primary N) is 1. The smallest absolute Gasteiger partial charge is 0.308 e. The number of amides is 2. The van der Waals surface area contributed by atoms with Crippen LogP contribution in [0.15, 0.2) is 0 Å². The molecule has 0 bridgehead atoms. The summed E-state index contributed by atoms with van der Waals surface area (Å²) in [6, 6.07) is -0.279. The van der Waals surface area contributed by atoms with Crippen molar-refractivity contribution in [2.75, 3.05) is 6.54 Å². The van der Waals surface area contributed by atoms with Gasteiger partial charge in [0.15, 0.2) is 0 Å². The van der Waals surface area contributed by atoms with Gasteiger partial charge in [-0.2, -0.15) is 0 Å². The molecule has 1 saturated carbocycles. The number of carbonyl (C=O) groups excluding carboxylic acids is 2. The van der Waals surface area contributed by atoms with E-state index in [0.717, 1.165) is 4.90 Å². The van der Waals surface area contributed by atoms with Gasteiger partial charge in [0, 0.05) is 12.6 Å². The highest BCUT2D eigenvalue weighted by Gasteiger charge is 2.70. The standard InChI is InChI=1S/C9H12N2O4/c1-3(10)2-11-7(12)4-5(8(11)13)6(4)9(14)15/h3-6H,2,10H2,1H3,(H,14,15). The zero-order valence-corrected chi connectivity index (χ0v) is 8.21. The van der Waals surface area contributed by atoms with Gasteiger partial charge in [0.1, 0.15) is 0 Å². The first-order valence-corrected chi connectivity index (χ1v) is 4.78. The van der Waals surface area contributed by atoms with Crippen LogP contribution in [0.1, 0.15) is 6.92 Å². The molecule has 1 aliphatic heterocycles. The molecule has 1 saturated heterocycles. The number of carboxylic acids is 1. The van der Waals surface area contributed by atoms with Crippen LogP contribution in [0.2, 0.25) is 0 Å². The molecule has 6 nitrogen and oxygen atoms in total. The summed E-state index contributed by atoms with van der Waals surface area (Å²) in [7, 11) is 0. The van der Waals surface area contributed by atoms with Crippen molar-refractivity contribution in [3.63, 3.8) is 0 Å². The molecule has 0 aromatic heterocycles. The fourth-order valence-corrected chi connectivity index (χ4v) is 2.17. The Labute approximate surface area is 86.0 Å². The third-order valence-corrected chi connectivity index (χ3v) is 2.88. The molecular weight excluding hydrogens is 200 g/mol. The van der Waals surface area contributed by atoms with Crippen LogP contribution >= 0.6 is 0 Å². The fourth-order valence-electron chi connectivity index (χ4n) is 2.17. The molecule has 1 aliphatic carbocycles. The lowest BCUT2D eigenvalue weighted by Gasteiger charge is -2.19. The minimum Gasteiger partial charge on any atom is -0.481 e. The first-order valence-electron chi connectivity index (χ1n) is 4.78. The molecule has 3 N–H and O–H groups in total. The number of hydrogen-bond acceptors (Lipinski definition) is 4. The van der Waals surface area contributed by atoms with Gasteiger partial charge >= 0.3 is 5.97 Å². The highest BCUT2D eigenvalue weighted by molar-refractivity contribution is 6.13. The third-order valence-electron chi connectivity index (χ3n) is 2.88. The number of carbonyl (C=O) groups is 3. The van der Waals surface area contributed by atoms with Gasteiger partial charge in [0.2, 0.25) is 11.8 Å². The summed E-state index contributed by atoms with van der Waals surface area (Å²) in [6.45, 7) is 1.87. The summed E-state index contributed by atoms with van der Waals surface area (Å²) in [4.78, 5) is 34.9. The van der Waals surface area contributed by atoms with Gasteiger partial charge in [-0.25, -0.2) is 0 Å². The Morgan fingerprint density at radius 3 is 2.27 bits per heavy atom. The number of carboxylic acid groups (broad SMARTS) is 1. The largest absolute Gasteiger partial charge is 0.481 e. The van der Waals surface area contributed by atoms with E-state index < -0.39 is 23.7 Å². The average molecular weight is 212 g/mol. The van der Waals surface area contributed by atoms with Gasteiger partial charge in [-0.05, 0) is 6.92 Å². The topological polar surface area (TPSA) is 101 Å². The third kappa shape index (κ3) is 1.32. The van der Waals surface area contributed by atoms with Crippen LogP contribution in [0.5, 0.6) is 0 Å². The average Bonchev–Trinajstić information content (AvgIpc) is 2.80. The Morgan fingerprint density at radius 2 is 1.93 bits per heavy atom. The lowest BCUT2D eigenvalue weighted by atomic mass is 10.2. The normalized spacial score (nSPS) is 35.3. The van der Waals surface area contributed by atoms with E-state index in [2.05, 4.69) is 0 Å². The molecule has 15 heavy (non-hydrogen) atoms. The molecular formula is C9H12N2O4. The predicted octanol–water partition coefficient (Wildman–Crippen LogP) is -1.35. The Balaban J connectivity index is 2.10. The summed E-state index contributed by atoms with van der Waals surface area (Å²) < 4.78 is 0. The van der Waals surface area contributed by atoms with E-state index in [1.165, 1.54) is 0 Å². The number of fused-ring (bicyclic) bond motifs is 1. The molecule has 6 heteroatoms. The van der Waals surface area contributed by atoms with Gasteiger partial charge in [0.25, 0.3) is 0 Å². The number of piperidine rings is 1. The first kappa shape index (κ1) is 10.1. The molecule has 1 heterocycles. The van der Waals surface area contributed by atoms with Crippen LogP contribution in [0.4, 0.5) is 0 Å². The van der Waals surface area contributed by atoms with E-state index in [1.54, 1.807) is 6.92 Å². The Hall–Kier alpha value is -1.43. The Kier molecular flexibility index (Phi) is 2.04. The van der Waals surface area contributed by atoms with Crippen molar-refractivity contribution < 1.29 is 19.5 Å². The molecule has 2 amide bonds. The summed E-state index contributed by atoms with van der Waals surface area (Å²) in [5.41, 5.74) is 5.49. The van der Waals surface area contributed by atoms with Crippen LogP contribution in [0.3, 0.4) is 0 Å². The van der Waals surface area contributed by atoms with Crippen LogP contribution in [0, 0.1) is 17.8 Å². The van der Waals surface area contributed by atoms with Crippen LogP contribution in [0.25, 0.3) is 0 Å².